The van der Waals surface area contributed by atoms with E-state index in [1.165, 1.54) is 4.31 Å². The molecule has 0 fully saturated rings. The van der Waals surface area contributed by atoms with Gasteiger partial charge in [-0.25, -0.2) is 8.42 Å². The van der Waals surface area contributed by atoms with Crippen LogP contribution in [0.15, 0.2) is 24.3 Å². The zero-order valence-corrected chi connectivity index (χ0v) is 8.38. The van der Waals surface area contributed by atoms with E-state index < -0.39 is 15.3 Å². The lowest BCUT2D eigenvalue weighted by Crippen LogP contribution is -2.22. The summed E-state index contributed by atoms with van der Waals surface area (Å²) in [5, 5.41) is -0.409. The molecule has 0 spiro atoms. The van der Waals surface area contributed by atoms with Crippen LogP contribution in [0.4, 0.5) is 5.69 Å². The lowest BCUT2D eigenvalue weighted by molar-refractivity contribution is 0.589. The molecule has 0 radical (unpaired) electrons. The molecule has 1 aromatic rings. The van der Waals surface area contributed by atoms with Crippen LogP contribution in [0.3, 0.4) is 0 Å². The second-order valence-corrected chi connectivity index (χ2v) is 5.50. The summed E-state index contributed by atoms with van der Waals surface area (Å²) in [6.07, 6.45) is 0. The zero-order valence-electron chi connectivity index (χ0n) is 7.56. The highest BCUT2D eigenvalue weighted by Crippen LogP contribution is 2.40. The van der Waals surface area contributed by atoms with Gasteiger partial charge in [-0.15, -0.1) is 0 Å². The molecule has 0 saturated carbocycles. The fraction of sp³-hybridized carbons (Fsp3) is 0.333. The lowest BCUT2D eigenvalue weighted by Gasteiger charge is -2.11. The van der Waals surface area contributed by atoms with Crippen molar-refractivity contribution in [3.8, 4) is 0 Å². The Hall–Kier alpha value is -1.03. The highest BCUT2D eigenvalue weighted by atomic mass is 32.2. The minimum Gasteiger partial charge on any atom is -0.272 e. The first-order chi connectivity index (χ1) is 6.05. The van der Waals surface area contributed by atoms with Gasteiger partial charge < -0.3 is 0 Å². The molecule has 1 unspecified atom stereocenters. The summed E-state index contributed by atoms with van der Waals surface area (Å²) in [7, 11) is -1.53. The van der Waals surface area contributed by atoms with Gasteiger partial charge in [0.2, 0.25) is 10.0 Å². The van der Waals surface area contributed by atoms with Crippen LogP contribution in [0.5, 0.6) is 0 Å². The van der Waals surface area contributed by atoms with Crippen molar-refractivity contribution in [2.75, 3.05) is 11.4 Å². The van der Waals surface area contributed by atoms with Crippen molar-refractivity contribution in [1.29, 1.82) is 0 Å². The van der Waals surface area contributed by atoms with Gasteiger partial charge in [-0.1, -0.05) is 18.2 Å². The van der Waals surface area contributed by atoms with Crippen molar-refractivity contribution in [3.05, 3.63) is 29.8 Å². The van der Waals surface area contributed by atoms with Crippen LogP contribution in [0.1, 0.15) is 17.7 Å². The third-order valence-corrected chi connectivity index (χ3v) is 4.65. The van der Waals surface area contributed by atoms with Crippen molar-refractivity contribution in [3.63, 3.8) is 0 Å². The number of hydrogen-bond donors (Lipinski definition) is 0. The molecule has 1 atom stereocenters. The molecular weight excluding hydrogens is 186 g/mol. The number of rotatable bonds is 0. The SMILES string of the molecule is CC1c2ccccc2N(C)S1(=O)=O. The third kappa shape index (κ3) is 0.983. The Morgan fingerprint density at radius 2 is 1.92 bits per heavy atom. The number of nitrogens with zero attached hydrogens (tertiary/aromatic N) is 1. The molecule has 0 aliphatic carbocycles. The van der Waals surface area contributed by atoms with Crippen LogP contribution in [0.2, 0.25) is 0 Å². The number of anilines is 1. The Morgan fingerprint density at radius 3 is 2.54 bits per heavy atom. The smallest absolute Gasteiger partial charge is 0.241 e. The molecule has 0 amide bonds. The van der Waals surface area contributed by atoms with Crippen molar-refractivity contribution in [2.24, 2.45) is 0 Å². The molecule has 0 saturated heterocycles. The second-order valence-electron chi connectivity index (χ2n) is 3.21. The molecule has 1 aromatic carbocycles. The van der Waals surface area contributed by atoms with Crippen molar-refractivity contribution in [2.45, 2.75) is 12.2 Å². The molecule has 0 N–H and O–H groups in total. The van der Waals surface area contributed by atoms with E-state index in [0.717, 1.165) is 11.3 Å². The monoisotopic (exact) mass is 197 g/mol. The number of benzene rings is 1. The summed E-state index contributed by atoms with van der Waals surface area (Å²) in [6, 6.07) is 7.41. The Labute approximate surface area is 78.0 Å². The van der Waals surface area contributed by atoms with Crippen molar-refractivity contribution >= 4 is 15.7 Å². The number of fused-ring (bicyclic) bond motifs is 1. The minimum absolute atomic E-state index is 0.409. The second kappa shape index (κ2) is 2.48. The van der Waals surface area contributed by atoms with Crippen LogP contribution < -0.4 is 4.31 Å². The topological polar surface area (TPSA) is 37.4 Å². The number of para-hydroxylation sites is 1. The van der Waals surface area contributed by atoms with E-state index in [0.29, 0.717) is 0 Å². The first-order valence-corrected chi connectivity index (χ1v) is 5.62. The molecule has 4 heteroatoms. The van der Waals surface area contributed by atoms with E-state index in [9.17, 15) is 8.42 Å². The van der Waals surface area contributed by atoms with Crippen LogP contribution in [-0.2, 0) is 10.0 Å². The van der Waals surface area contributed by atoms with Crippen LogP contribution in [-0.4, -0.2) is 15.5 Å². The predicted octanol–water partition coefficient (Wildman–Crippen LogP) is 1.53. The Morgan fingerprint density at radius 1 is 1.31 bits per heavy atom. The Bertz CT molecular complexity index is 404. The molecule has 1 aliphatic rings. The normalized spacial score (nSPS) is 24.5. The van der Waals surface area contributed by atoms with Crippen molar-refractivity contribution in [1.82, 2.24) is 0 Å². The largest absolute Gasteiger partial charge is 0.272 e. The van der Waals surface area contributed by atoms with Gasteiger partial charge in [0.05, 0.1) is 5.69 Å². The molecule has 70 valence electrons. The van der Waals surface area contributed by atoms with Crippen LogP contribution in [0, 0.1) is 0 Å². The van der Waals surface area contributed by atoms with Crippen LogP contribution >= 0.6 is 0 Å². The Balaban J connectivity index is 2.71. The van der Waals surface area contributed by atoms with E-state index >= 15 is 0 Å². The average molecular weight is 197 g/mol. The van der Waals surface area contributed by atoms with Gasteiger partial charge in [-0.2, -0.15) is 0 Å². The molecule has 13 heavy (non-hydrogen) atoms. The zero-order chi connectivity index (χ0) is 9.64. The third-order valence-electron chi connectivity index (χ3n) is 2.54. The summed E-state index contributed by atoms with van der Waals surface area (Å²) >= 11 is 0. The van der Waals surface area contributed by atoms with E-state index in [2.05, 4.69) is 0 Å². The first kappa shape index (κ1) is 8.56. The fourth-order valence-corrected chi connectivity index (χ4v) is 3.09. The molecule has 0 bridgehead atoms. The maximum absolute atomic E-state index is 11.7. The van der Waals surface area contributed by atoms with Gasteiger partial charge in [0, 0.05) is 7.05 Å². The molecule has 1 aliphatic heterocycles. The first-order valence-electron chi connectivity index (χ1n) is 4.12. The summed E-state index contributed by atoms with van der Waals surface area (Å²) in [5.74, 6) is 0. The number of sulfonamides is 1. The lowest BCUT2D eigenvalue weighted by atomic mass is 10.1. The van der Waals surface area contributed by atoms with E-state index in [1.807, 2.05) is 24.3 Å². The van der Waals surface area contributed by atoms with Gasteiger partial charge in [0.25, 0.3) is 0 Å². The summed E-state index contributed by atoms with van der Waals surface area (Å²) < 4.78 is 24.7. The van der Waals surface area contributed by atoms with E-state index in [1.54, 1.807) is 14.0 Å². The van der Waals surface area contributed by atoms with Crippen LogP contribution in [0.25, 0.3) is 0 Å². The fourth-order valence-electron chi connectivity index (χ4n) is 1.65. The quantitative estimate of drug-likeness (QED) is 0.632. The average Bonchev–Trinajstić information content (AvgIpc) is 2.30. The van der Waals surface area contributed by atoms with E-state index in [4.69, 9.17) is 0 Å². The highest BCUT2D eigenvalue weighted by molar-refractivity contribution is 7.93. The molecular formula is C9H11NO2S. The summed E-state index contributed by atoms with van der Waals surface area (Å²) in [5.41, 5.74) is 1.69. The highest BCUT2D eigenvalue weighted by Gasteiger charge is 2.37. The van der Waals surface area contributed by atoms with Gasteiger partial charge in [-0.05, 0) is 18.6 Å². The summed E-state index contributed by atoms with van der Waals surface area (Å²) in [4.78, 5) is 0. The molecule has 3 nitrogen and oxygen atoms in total. The van der Waals surface area contributed by atoms with E-state index in [-0.39, 0.29) is 0 Å². The summed E-state index contributed by atoms with van der Waals surface area (Å²) in [6.45, 7) is 1.72. The molecule has 1 heterocycles. The molecule has 2 rings (SSSR count). The van der Waals surface area contributed by atoms with Gasteiger partial charge >= 0.3 is 0 Å². The van der Waals surface area contributed by atoms with Gasteiger partial charge in [-0.3, -0.25) is 4.31 Å². The maximum Gasteiger partial charge on any atom is 0.241 e. The molecule has 0 aromatic heterocycles. The minimum atomic E-state index is -3.13. The van der Waals surface area contributed by atoms with Gasteiger partial charge in [0.1, 0.15) is 5.25 Å². The van der Waals surface area contributed by atoms with Gasteiger partial charge in [0.15, 0.2) is 0 Å². The maximum atomic E-state index is 11.7. The predicted molar refractivity (Wildman–Crippen MR) is 52.2 cm³/mol. The Kier molecular flexibility index (Phi) is 1.63. The van der Waals surface area contributed by atoms with Crippen molar-refractivity contribution < 1.29 is 8.42 Å². The standard InChI is InChI=1S/C9H11NO2S/c1-7-8-5-3-4-6-9(8)10(2)13(7,11)12/h3-7H,1-2H3. The number of hydrogen-bond acceptors (Lipinski definition) is 2.